The van der Waals surface area contributed by atoms with Gasteiger partial charge in [-0.1, -0.05) is 0 Å². The molecule has 0 N–H and O–H groups in total. The normalized spacial score (nSPS) is 22.9. The van der Waals surface area contributed by atoms with Gasteiger partial charge in [-0.25, -0.2) is 9.78 Å². The van der Waals surface area contributed by atoms with Crippen LogP contribution in [0.3, 0.4) is 0 Å². The molecule has 0 aromatic carbocycles. The highest BCUT2D eigenvalue weighted by molar-refractivity contribution is 5.77. The molecule has 8 nitrogen and oxygen atoms in total. The lowest BCUT2D eigenvalue weighted by molar-refractivity contribution is -0.00294. The summed E-state index contributed by atoms with van der Waals surface area (Å²) in [5.41, 5.74) is 3.68. The Morgan fingerprint density at radius 3 is 2.69 bits per heavy atom. The number of hydrogen-bond donors (Lipinski definition) is 0. The number of ether oxygens (including phenoxy) is 1. The van der Waals surface area contributed by atoms with Crippen LogP contribution in [0.15, 0.2) is 24.5 Å². The number of aromatic nitrogens is 3. The van der Waals surface area contributed by atoms with Gasteiger partial charge in [0, 0.05) is 81.3 Å². The van der Waals surface area contributed by atoms with Crippen LogP contribution in [-0.2, 0) is 11.8 Å². The third-order valence-corrected chi connectivity index (χ3v) is 7.48. The highest BCUT2D eigenvalue weighted by atomic mass is 16.6. The van der Waals surface area contributed by atoms with Crippen LogP contribution in [0.5, 0.6) is 0 Å². The van der Waals surface area contributed by atoms with Gasteiger partial charge in [0.1, 0.15) is 5.82 Å². The van der Waals surface area contributed by atoms with Crippen LogP contribution >= 0.6 is 0 Å². The number of nitrogens with zero attached hydrogens (tertiary/aromatic N) is 6. The first-order valence-corrected chi connectivity index (χ1v) is 11.8. The molecular formula is C24H34N6O2. The maximum Gasteiger partial charge on any atom is 0.409 e. The van der Waals surface area contributed by atoms with E-state index in [0.717, 1.165) is 56.3 Å². The maximum absolute atomic E-state index is 11.9. The lowest BCUT2D eigenvalue weighted by Gasteiger charge is -2.48. The molecule has 8 heteroatoms. The lowest BCUT2D eigenvalue weighted by Crippen LogP contribution is -2.58. The fourth-order valence-corrected chi connectivity index (χ4v) is 5.91. The number of anilines is 1. The molecule has 3 aliphatic rings. The molecule has 2 aliphatic heterocycles. The van der Waals surface area contributed by atoms with Crippen LogP contribution < -0.4 is 4.90 Å². The molecule has 3 fully saturated rings. The zero-order valence-corrected chi connectivity index (χ0v) is 19.5. The van der Waals surface area contributed by atoms with E-state index in [1.807, 2.05) is 35.8 Å². The average molecular weight is 439 g/mol. The molecular weight excluding hydrogens is 404 g/mol. The summed E-state index contributed by atoms with van der Waals surface area (Å²) >= 11 is 0. The number of piperazine rings is 1. The SMILES string of the molecule is CCOC(=O)N1CC2(CC[C@@H](N3CCN(c4ncccc4-c4cn(C)nc4C)CC3)C2)C1. The zero-order chi connectivity index (χ0) is 22.3. The molecule has 4 heterocycles. The molecule has 1 aliphatic carbocycles. The predicted molar refractivity (Wildman–Crippen MR) is 124 cm³/mol. The minimum atomic E-state index is -0.148. The maximum atomic E-state index is 11.9. The van der Waals surface area contributed by atoms with Gasteiger partial charge in [0.05, 0.1) is 12.3 Å². The number of hydrogen-bond acceptors (Lipinski definition) is 6. The van der Waals surface area contributed by atoms with E-state index in [-0.39, 0.29) is 6.09 Å². The van der Waals surface area contributed by atoms with Crippen molar-refractivity contribution < 1.29 is 9.53 Å². The molecule has 0 bridgehead atoms. The Hall–Kier alpha value is -2.61. The Morgan fingerprint density at radius 2 is 2.00 bits per heavy atom. The summed E-state index contributed by atoms with van der Waals surface area (Å²) in [5.74, 6) is 1.07. The Kier molecular flexibility index (Phi) is 5.57. The summed E-state index contributed by atoms with van der Waals surface area (Å²) in [6, 6.07) is 4.80. The minimum Gasteiger partial charge on any atom is -0.450 e. The molecule has 1 amide bonds. The number of likely N-dealkylation sites (tertiary alicyclic amines) is 1. The van der Waals surface area contributed by atoms with Crippen molar-refractivity contribution in [1.82, 2.24) is 24.6 Å². The van der Waals surface area contributed by atoms with Crippen molar-refractivity contribution >= 4 is 11.9 Å². The van der Waals surface area contributed by atoms with Crippen LogP contribution in [0, 0.1) is 12.3 Å². The smallest absolute Gasteiger partial charge is 0.409 e. The molecule has 0 radical (unpaired) electrons. The van der Waals surface area contributed by atoms with Gasteiger partial charge in [-0.2, -0.15) is 5.10 Å². The second kappa shape index (κ2) is 8.39. The first kappa shape index (κ1) is 21.2. The standard InChI is InChI=1S/C24H34N6O2/c1-4-32-23(31)30-16-24(17-30)8-7-19(14-24)28-10-12-29(13-11-28)22-20(6-5-9-25-22)21-15-27(3)26-18(21)2/h5-6,9,15,19H,4,7-8,10-14,16-17H2,1-3H3/t19-/m1/s1. The molecule has 2 saturated heterocycles. The van der Waals surface area contributed by atoms with Crippen molar-refractivity contribution in [3.63, 3.8) is 0 Å². The van der Waals surface area contributed by atoms with Gasteiger partial charge in [-0.3, -0.25) is 9.58 Å². The van der Waals surface area contributed by atoms with Crippen LogP contribution in [0.4, 0.5) is 10.6 Å². The van der Waals surface area contributed by atoms with E-state index < -0.39 is 0 Å². The van der Waals surface area contributed by atoms with Crippen LogP contribution in [0.1, 0.15) is 31.9 Å². The Bertz CT molecular complexity index is 975. The summed E-state index contributed by atoms with van der Waals surface area (Å²) in [6.07, 6.45) is 7.49. The number of aryl methyl sites for hydroxylation is 2. The van der Waals surface area contributed by atoms with Crippen molar-refractivity contribution in [3.8, 4) is 11.1 Å². The Morgan fingerprint density at radius 1 is 1.22 bits per heavy atom. The molecule has 32 heavy (non-hydrogen) atoms. The van der Waals surface area contributed by atoms with E-state index in [4.69, 9.17) is 9.72 Å². The second-order valence-corrected chi connectivity index (χ2v) is 9.65. The van der Waals surface area contributed by atoms with Gasteiger partial charge in [-0.15, -0.1) is 0 Å². The van der Waals surface area contributed by atoms with E-state index >= 15 is 0 Å². The first-order chi connectivity index (χ1) is 15.5. The predicted octanol–water partition coefficient (Wildman–Crippen LogP) is 2.92. The molecule has 172 valence electrons. The van der Waals surface area contributed by atoms with Crippen LogP contribution in [0.25, 0.3) is 11.1 Å². The number of carbonyl (C=O) groups is 1. The van der Waals surface area contributed by atoms with E-state index in [1.54, 1.807) is 0 Å². The Labute approximate surface area is 190 Å². The molecule has 1 spiro atoms. The van der Waals surface area contributed by atoms with Gasteiger partial charge in [0.15, 0.2) is 0 Å². The highest BCUT2D eigenvalue weighted by Crippen LogP contribution is 2.47. The Balaban J connectivity index is 1.19. The third kappa shape index (κ3) is 3.85. The van der Waals surface area contributed by atoms with E-state index in [1.165, 1.54) is 24.8 Å². The van der Waals surface area contributed by atoms with Gasteiger partial charge < -0.3 is 14.5 Å². The summed E-state index contributed by atoms with van der Waals surface area (Å²) in [6.45, 7) is 10.2. The molecule has 0 unspecified atom stereocenters. The number of amides is 1. The summed E-state index contributed by atoms with van der Waals surface area (Å²) in [7, 11) is 1.97. The fourth-order valence-electron chi connectivity index (χ4n) is 5.91. The minimum absolute atomic E-state index is 0.148. The summed E-state index contributed by atoms with van der Waals surface area (Å²) in [4.78, 5) is 23.7. The number of carbonyl (C=O) groups excluding carboxylic acids is 1. The second-order valence-electron chi connectivity index (χ2n) is 9.65. The largest absolute Gasteiger partial charge is 0.450 e. The molecule has 5 rings (SSSR count). The third-order valence-electron chi connectivity index (χ3n) is 7.48. The quantitative estimate of drug-likeness (QED) is 0.731. The van der Waals surface area contributed by atoms with E-state index in [9.17, 15) is 4.79 Å². The van der Waals surface area contributed by atoms with Gasteiger partial charge in [-0.05, 0) is 45.2 Å². The molecule has 2 aromatic rings. The number of pyridine rings is 1. The summed E-state index contributed by atoms with van der Waals surface area (Å²) < 4.78 is 7.03. The van der Waals surface area contributed by atoms with E-state index in [2.05, 4.69) is 34.1 Å². The van der Waals surface area contributed by atoms with Crippen LogP contribution in [-0.4, -0.2) is 82.6 Å². The van der Waals surface area contributed by atoms with Gasteiger partial charge in [0.2, 0.25) is 0 Å². The zero-order valence-electron chi connectivity index (χ0n) is 19.5. The monoisotopic (exact) mass is 438 g/mol. The van der Waals surface area contributed by atoms with Crippen molar-refractivity contribution in [2.24, 2.45) is 12.5 Å². The average Bonchev–Trinajstić information content (AvgIpc) is 3.36. The molecule has 2 aromatic heterocycles. The van der Waals surface area contributed by atoms with Crippen LogP contribution in [0.2, 0.25) is 0 Å². The number of rotatable bonds is 4. The van der Waals surface area contributed by atoms with Crippen molar-refractivity contribution in [1.29, 1.82) is 0 Å². The first-order valence-electron chi connectivity index (χ1n) is 11.8. The fraction of sp³-hybridized carbons (Fsp3) is 0.625. The topological polar surface area (TPSA) is 66.7 Å². The van der Waals surface area contributed by atoms with Gasteiger partial charge in [0.25, 0.3) is 0 Å². The van der Waals surface area contributed by atoms with E-state index in [0.29, 0.717) is 18.1 Å². The van der Waals surface area contributed by atoms with Gasteiger partial charge >= 0.3 is 6.09 Å². The summed E-state index contributed by atoms with van der Waals surface area (Å²) in [5, 5.41) is 4.52. The molecule has 1 saturated carbocycles. The van der Waals surface area contributed by atoms with Crippen molar-refractivity contribution in [2.75, 3.05) is 50.8 Å². The molecule has 1 atom stereocenters. The van der Waals surface area contributed by atoms with Crippen molar-refractivity contribution in [3.05, 3.63) is 30.2 Å². The highest BCUT2D eigenvalue weighted by Gasteiger charge is 2.51. The lowest BCUT2D eigenvalue weighted by atomic mass is 9.78. The van der Waals surface area contributed by atoms with Crippen molar-refractivity contribution in [2.45, 2.75) is 39.2 Å².